The molecular formula is C17H20N4. The van der Waals surface area contributed by atoms with Gasteiger partial charge in [-0.05, 0) is 31.6 Å². The van der Waals surface area contributed by atoms with Crippen molar-refractivity contribution in [3.05, 3.63) is 42.1 Å². The van der Waals surface area contributed by atoms with Gasteiger partial charge in [-0.15, -0.1) is 10.2 Å². The van der Waals surface area contributed by atoms with Crippen LogP contribution in [0.4, 0.5) is 5.82 Å². The van der Waals surface area contributed by atoms with E-state index in [0.717, 1.165) is 17.3 Å². The molecule has 0 bridgehead atoms. The summed E-state index contributed by atoms with van der Waals surface area (Å²) in [6.45, 7) is 2.95. The molecule has 0 saturated carbocycles. The first kappa shape index (κ1) is 13.9. The van der Waals surface area contributed by atoms with Crippen molar-refractivity contribution in [2.24, 2.45) is 16.1 Å². The maximum absolute atomic E-state index is 4.35. The van der Waals surface area contributed by atoms with Crippen molar-refractivity contribution in [2.45, 2.75) is 32.6 Å². The summed E-state index contributed by atoms with van der Waals surface area (Å²) in [6.07, 6.45) is 9.19. The quantitative estimate of drug-likeness (QED) is 0.593. The Hall–Kier alpha value is -2.10. The van der Waals surface area contributed by atoms with Crippen LogP contribution in [0.2, 0.25) is 0 Å². The van der Waals surface area contributed by atoms with Crippen LogP contribution in [0.5, 0.6) is 0 Å². The lowest BCUT2D eigenvalue weighted by Gasteiger charge is -2.17. The zero-order valence-corrected chi connectivity index (χ0v) is 12.4. The number of fused-ring (bicyclic) bond motifs is 1. The highest BCUT2D eigenvalue weighted by Gasteiger charge is 2.11. The molecule has 21 heavy (non-hydrogen) atoms. The summed E-state index contributed by atoms with van der Waals surface area (Å²) in [5.74, 6) is 1.08. The summed E-state index contributed by atoms with van der Waals surface area (Å²) in [7, 11) is 0. The first-order valence-electron chi connectivity index (χ1n) is 7.61. The zero-order chi connectivity index (χ0) is 14.5. The lowest BCUT2D eigenvalue weighted by atomic mass is 9.90. The first-order valence-corrected chi connectivity index (χ1v) is 7.61. The molecule has 4 nitrogen and oxygen atoms in total. The molecule has 4 heteroatoms. The molecule has 0 saturated heterocycles. The molecule has 0 N–H and O–H groups in total. The molecular weight excluding hydrogens is 260 g/mol. The highest BCUT2D eigenvalue weighted by atomic mass is 15.2. The molecule has 108 valence electrons. The molecule has 0 aliphatic heterocycles. The van der Waals surface area contributed by atoms with Crippen LogP contribution in [-0.4, -0.2) is 16.7 Å². The van der Waals surface area contributed by atoms with E-state index >= 15 is 0 Å². The van der Waals surface area contributed by atoms with Gasteiger partial charge < -0.3 is 0 Å². The predicted octanol–water partition coefficient (Wildman–Crippen LogP) is 4.85. The Kier molecular flexibility index (Phi) is 4.34. The minimum atomic E-state index is 0.469. The number of aromatic nitrogens is 2. The summed E-state index contributed by atoms with van der Waals surface area (Å²) in [6, 6.07) is 7.99. The van der Waals surface area contributed by atoms with Crippen LogP contribution < -0.4 is 0 Å². The van der Waals surface area contributed by atoms with E-state index in [-0.39, 0.29) is 0 Å². The Morgan fingerprint density at radius 2 is 2.14 bits per heavy atom. The van der Waals surface area contributed by atoms with Gasteiger partial charge in [0.2, 0.25) is 5.82 Å². The second-order valence-corrected chi connectivity index (χ2v) is 5.61. The summed E-state index contributed by atoms with van der Waals surface area (Å²) in [5.41, 5.74) is 1.53. The van der Waals surface area contributed by atoms with E-state index in [1.165, 1.54) is 31.3 Å². The van der Waals surface area contributed by atoms with E-state index in [1.807, 2.05) is 24.3 Å². The Labute approximate surface area is 125 Å². The van der Waals surface area contributed by atoms with Crippen molar-refractivity contribution in [3.8, 4) is 0 Å². The summed E-state index contributed by atoms with van der Waals surface area (Å²) >= 11 is 0. The van der Waals surface area contributed by atoms with Gasteiger partial charge in [-0.25, -0.2) is 0 Å². The number of azo groups is 1. The van der Waals surface area contributed by atoms with Crippen molar-refractivity contribution >= 4 is 16.6 Å². The van der Waals surface area contributed by atoms with Crippen molar-refractivity contribution in [3.63, 3.8) is 0 Å². The van der Waals surface area contributed by atoms with E-state index in [2.05, 4.69) is 33.4 Å². The standard InChI is InChI=1S/C17H20N4/c1-13(14-7-3-2-4-8-14)11-18-20-17-16-10-6-5-9-15(16)12-19-21-17/h5-7,9-10,12-13H,2-4,8,11H2,1H3. The lowest BCUT2D eigenvalue weighted by Crippen LogP contribution is -2.06. The van der Waals surface area contributed by atoms with Gasteiger partial charge in [-0.3, -0.25) is 0 Å². The topological polar surface area (TPSA) is 50.5 Å². The maximum Gasteiger partial charge on any atom is 0.203 e. The SMILES string of the molecule is CC(CN=Nc1nncc2ccccc12)C1=CCCCC1. The molecule has 2 aromatic rings. The third kappa shape index (κ3) is 3.32. The Morgan fingerprint density at radius 3 is 3.00 bits per heavy atom. The molecule has 0 amide bonds. The van der Waals surface area contributed by atoms with Gasteiger partial charge in [0.1, 0.15) is 0 Å². The molecule has 3 rings (SSSR count). The monoisotopic (exact) mass is 280 g/mol. The van der Waals surface area contributed by atoms with Crippen LogP contribution in [0, 0.1) is 5.92 Å². The molecule has 1 aromatic heterocycles. The second kappa shape index (κ2) is 6.57. The number of nitrogens with zero attached hydrogens (tertiary/aromatic N) is 4. The van der Waals surface area contributed by atoms with Gasteiger partial charge in [0.05, 0.1) is 12.7 Å². The number of rotatable bonds is 4. The number of allylic oxidation sites excluding steroid dienone is 1. The summed E-state index contributed by atoms with van der Waals surface area (Å²) < 4.78 is 0. The third-order valence-corrected chi connectivity index (χ3v) is 4.03. The molecule has 1 aliphatic rings. The Morgan fingerprint density at radius 1 is 1.24 bits per heavy atom. The molecule has 1 aromatic carbocycles. The van der Waals surface area contributed by atoms with Gasteiger partial charge >= 0.3 is 0 Å². The number of hydrogen-bond acceptors (Lipinski definition) is 4. The van der Waals surface area contributed by atoms with Crippen LogP contribution in [-0.2, 0) is 0 Å². The van der Waals surface area contributed by atoms with Crippen molar-refractivity contribution in [1.29, 1.82) is 0 Å². The number of benzene rings is 1. The van der Waals surface area contributed by atoms with Gasteiger partial charge in [0.15, 0.2) is 0 Å². The Bertz CT molecular complexity index is 670. The van der Waals surface area contributed by atoms with Crippen molar-refractivity contribution < 1.29 is 0 Å². The van der Waals surface area contributed by atoms with Crippen LogP contribution in [0.15, 0.2) is 52.3 Å². The van der Waals surface area contributed by atoms with Gasteiger partial charge in [-0.2, -0.15) is 10.2 Å². The Balaban J connectivity index is 1.71. The molecule has 1 unspecified atom stereocenters. The minimum absolute atomic E-state index is 0.469. The minimum Gasteiger partial charge on any atom is -0.186 e. The van der Waals surface area contributed by atoms with E-state index < -0.39 is 0 Å². The summed E-state index contributed by atoms with van der Waals surface area (Å²) in [4.78, 5) is 0. The highest BCUT2D eigenvalue weighted by molar-refractivity contribution is 5.89. The fourth-order valence-corrected chi connectivity index (χ4v) is 2.74. The fraction of sp³-hybridized carbons (Fsp3) is 0.412. The van der Waals surface area contributed by atoms with E-state index in [4.69, 9.17) is 0 Å². The van der Waals surface area contributed by atoms with Crippen LogP contribution in [0.1, 0.15) is 32.6 Å². The molecule has 1 aliphatic carbocycles. The normalized spacial score (nSPS) is 17.1. The van der Waals surface area contributed by atoms with Crippen molar-refractivity contribution in [1.82, 2.24) is 10.2 Å². The third-order valence-electron chi connectivity index (χ3n) is 4.03. The van der Waals surface area contributed by atoms with Gasteiger partial charge in [0, 0.05) is 10.8 Å². The van der Waals surface area contributed by atoms with Crippen LogP contribution in [0.25, 0.3) is 10.8 Å². The van der Waals surface area contributed by atoms with E-state index in [0.29, 0.717) is 11.7 Å². The number of hydrogen-bond donors (Lipinski definition) is 0. The first-order chi connectivity index (χ1) is 10.3. The smallest absolute Gasteiger partial charge is 0.186 e. The lowest BCUT2D eigenvalue weighted by molar-refractivity contribution is 0.586. The predicted molar refractivity (Wildman–Crippen MR) is 84.6 cm³/mol. The van der Waals surface area contributed by atoms with Gasteiger partial charge in [0.25, 0.3) is 0 Å². The highest BCUT2D eigenvalue weighted by Crippen LogP contribution is 2.25. The van der Waals surface area contributed by atoms with Gasteiger partial charge in [-0.1, -0.05) is 42.8 Å². The molecule has 0 fully saturated rings. The molecule has 0 radical (unpaired) electrons. The second-order valence-electron chi connectivity index (χ2n) is 5.61. The average molecular weight is 280 g/mol. The largest absolute Gasteiger partial charge is 0.203 e. The van der Waals surface area contributed by atoms with E-state index in [1.54, 1.807) is 6.20 Å². The molecule has 0 spiro atoms. The van der Waals surface area contributed by atoms with Crippen LogP contribution >= 0.6 is 0 Å². The van der Waals surface area contributed by atoms with Crippen LogP contribution in [0.3, 0.4) is 0 Å². The van der Waals surface area contributed by atoms with Crippen molar-refractivity contribution in [2.75, 3.05) is 6.54 Å². The maximum atomic E-state index is 4.35. The molecule has 1 heterocycles. The molecule has 1 atom stereocenters. The summed E-state index contributed by atoms with van der Waals surface area (Å²) in [5, 5.41) is 18.8. The fourth-order valence-electron chi connectivity index (χ4n) is 2.74. The zero-order valence-electron chi connectivity index (χ0n) is 12.4. The average Bonchev–Trinajstić information content (AvgIpc) is 2.56. The van der Waals surface area contributed by atoms with E-state index in [9.17, 15) is 0 Å².